The molecule has 0 spiro atoms. The van der Waals surface area contributed by atoms with E-state index in [1.54, 1.807) is 6.07 Å². The summed E-state index contributed by atoms with van der Waals surface area (Å²) in [4.78, 5) is 22.3. The Morgan fingerprint density at radius 1 is 1.26 bits per heavy atom. The SMILES string of the molecule is NS(=O)(=O)CCNC(=O)Nc1ccccc1C(=O)O. The molecule has 2 amide bonds. The maximum Gasteiger partial charge on any atom is 0.337 e. The number of carbonyl (C=O) groups is 2. The Bertz CT molecular complexity index is 585. The molecule has 0 radical (unpaired) electrons. The third-order valence-electron chi connectivity index (χ3n) is 2.08. The average molecular weight is 287 g/mol. The van der Waals surface area contributed by atoms with Crippen molar-refractivity contribution >= 4 is 27.7 Å². The van der Waals surface area contributed by atoms with E-state index >= 15 is 0 Å². The van der Waals surface area contributed by atoms with Gasteiger partial charge in [0.2, 0.25) is 10.0 Å². The van der Waals surface area contributed by atoms with Gasteiger partial charge in [-0.1, -0.05) is 12.1 Å². The number of nitrogens with two attached hydrogens (primary N) is 1. The quantitative estimate of drug-likeness (QED) is 0.593. The number of hydrogen-bond acceptors (Lipinski definition) is 4. The van der Waals surface area contributed by atoms with Crippen molar-refractivity contribution < 1.29 is 23.1 Å². The van der Waals surface area contributed by atoms with Crippen LogP contribution in [0.2, 0.25) is 0 Å². The molecule has 0 saturated heterocycles. The Kier molecular flexibility index (Phi) is 4.84. The molecule has 1 aromatic carbocycles. The van der Waals surface area contributed by atoms with Gasteiger partial charge in [-0.25, -0.2) is 23.1 Å². The summed E-state index contributed by atoms with van der Waals surface area (Å²) in [6, 6.07) is 5.13. The number of carboxylic acids is 1. The van der Waals surface area contributed by atoms with Gasteiger partial charge in [0.25, 0.3) is 0 Å². The number of anilines is 1. The fourth-order valence-corrected chi connectivity index (χ4v) is 1.64. The van der Waals surface area contributed by atoms with Crippen molar-refractivity contribution in [2.24, 2.45) is 5.14 Å². The van der Waals surface area contributed by atoms with E-state index in [2.05, 4.69) is 10.6 Å². The Morgan fingerprint density at radius 3 is 2.47 bits per heavy atom. The first-order chi connectivity index (χ1) is 8.79. The molecule has 0 heterocycles. The zero-order valence-corrected chi connectivity index (χ0v) is 10.6. The van der Waals surface area contributed by atoms with Crippen molar-refractivity contribution in [2.45, 2.75) is 0 Å². The van der Waals surface area contributed by atoms with Crippen molar-refractivity contribution in [1.29, 1.82) is 0 Å². The molecule has 9 heteroatoms. The highest BCUT2D eigenvalue weighted by atomic mass is 32.2. The van der Waals surface area contributed by atoms with Crippen molar-refractivity contribution in [3.8, 4) is 0 Å². The summed E-state index contributed by atoms with van der Waals surface area (Å²) in [6.45, 7) is -0.167. The highest BCUT2D eigenvalue weighted by molar-refractivity contribution is 7.89. The van der Waals surface area contributed by atoms with Crippen LogP contribution in [0.4, 0.5) is 10.5 Å². The number of nitrogens with one attached hydrogen (secondary N) is 2. The largest absolute Gasteiger partial charge is 0.478 e. The molecule has 0 unspecified atom stereocenters. The third kappa shape index (κ3) is 5.36. The molecule has 0 aromatic heterocycles. The van der Waals surface area contributed by atoms with Gasteiger partial charge < -0.3 is 15.7 Å². The van der Waals surface area contributed by atoms with Gasteiger partial charge in [0.1, 0.15) is 0 Å². The van der Waals surface area contributed by atoms with Crippen molar-refractivity contribution in [3.05, 3.63) is 29.8 Å². The molecule has 0 bridgehead atoms. The summed E-state index contributed by atoms with van der Waals surface area (Å²) in [5.41, 5.74) is 0.0483. The molecule has 0 fully saturated rings. The average Bonchev–Trinajstić information content (AvgIpc) is 2.27. The second kappa shape index (κ2) is 6.16. The monoisotopic (exact) mass is 287 g/mol. The van der Waals surface area contributed by atoms with E-state index in [4.69, 9.17) is 10.2 Å². The first kappa shape index (κ1) is 14.9. The van der Waals surface area contributed by atoms with Crippen LogP contribution in [-0.4, -0.2) is 37.8 Å². The van der Waals surface area contributed by atoms with Crippen molar-refractivity contribution in [3.63, 3.8) is 0 Å². The highest BCUT2D eigenvalue weighted by Crippen LogP contribution is 2.14. The smallest absolute Gasteiger partial charge is 0.337 e. The summed E-state index contributed by atoms with van der Waals surface area (Å²) in [7, 11) is -3.65. The lowest BCUT2D eigenvalue weighted by Gasteiger charge is -2.09. The number of para-hydroxylation sites is 1. The number of carboxylic acid groups (broad SMARTS) is 1. The van der Waals surface area contributed by atoms with Gasteiger partial charge in [-0.2, -0.15) is 0 Å². The molecule has 1 aromatic rings. The van der Waals surface area contributed by atoms with Crippen LogP contribution in [-0.2, 0) is 10.0 Å². The van der Waals surface area contributed by atoms with Crippen molar-refractivity contribution in [1.82, 2.24) is 5.32 Å². The predicted octanol–water partition coefficient (Wildman–Crippen LogP) is -0.205. The highest BCUT2D eigenvalue weighted by Gasteiger charge is 2.11. The molecular formula is C10H13N3O5S. The van der Waals surface area contributed by atoms with Crippen LogP contribution in [0, 0.1) is 0 Å². The van der Waals surface area contributed by atoms with E-state index < -0.39 is 27.8 Å². The van der Waals surface area contributed by atoms with Gasteiger partial charge in [0.05, 0.1) is 17.0 Å². The van der Waals surface area contributed by atoms with Gasteiger partial charge in [0, 0.05) is 6.54 Å². The van der Waals surface area contributed by atoms with Crippen LogP contribution in [0.3, 0.4) is 0 Å². The van der Waals surface area contributed by atoms with Crippen LogP contribution in [0.15, 0.2) is 24.3 Å². The molecule has 8 nitrogen and oxygen atoms in total. The number of amides is 2. The van der Waals surface area contributed by atoms with E-state index in [0.717, 1.165) is 0 Å². The number of hydrogen-bond donors (Lipinski definition) is 4. The topological polar surface area (TPSA) is 139 Å². The van der Waals surface area contributed by atoms with E-state index in [1.807, 2.05) is 0 Å². The summed E-state index contributed by atoms with van der Waals surface area (Å²) in [6.07, 6.45) is 0. The molecule has 19 heavy (non-hydrogen) atoms. The number of carbonyl (C=O) groups excluding carboxylic acids is 1. The fourth-order valence-electron chi connectivity index (χ4n) is 1.25. The number of urea groups is 1. The molecule has 1 rings (SSSR count). The molecule has 0 aliphatic heterocycles. The summed E-state index contributed by atoms with van der Waals surface area (Å²) in [5.74, 6) is -1.58. The number of primary sulfonamides is 1. The standard InChI is InChI=1S/C10H13N3O5S/c11-19(17,18)6-5-12-10(16)13-8-4-2-1-3-7(8)9(14)15/h1-4H,5-6H2,(H,14,15)(H2,11,17,18)(H2,12,13,16). The Balaban J connectivity index is 2.60. The molecular weight excluding hydrogens is 274 g/mol. The lowest BCUT2D eigenvalue weighted by molar-refractivity contribution is 0.0698. The molecule has 104 valence electrons. The van der Waals surface area contributed by atoms with Gasteiger partial charge in [-0.15, -0.1) is 0 Å². The zero-order chi connectivity index (χ0) is 14.5. The van der Waals surface area contributed by atoms with Crippen molar-refractivity contribution in [2.75, 3.05) is 17.6 Å². The second-order valence-electron chi connectivity index (χ2n) is 3.60. The lowest BCUT2D eigenvalue weighted by atomic mass is 10.2. The Labute approximate surface area is 109 Å². The minimum atomic E-state index is -3.65. The molecule has 0 atom stereocenters. The number of benzene rings is 1. The maximum absolute atomic E-state index is 11.4. The second-order valence-corrected chi connectivity index (χ2v) is 5.33. The van der Waals surface area contributed by atoms with E-state index in [1.165, 1.54) is 18.2 Å². The fraction of sp³-hybridized carbons (Fsp3) is 0.200. The van der Waals surface area contributed by atoms with Crippen LogP contribution in [0.5, 0.6) is 0 Å². The summed E-state index contributed by atoms with van der Waals surface area (Å²) < 4.78 is 21.3. The van der Waals surface area contributed by atoms with Crippen LogP contribution < -0.4 is 15.8 Å². The van der Waals surface area contributed by atoms with Crippen LogP contribution in [0.25, 0.3) is 0 Å². The van der Waals surface area contributed by atoms with Crippen LogP contribution >= 0.6 is 0 Å². The van der Waals surface area contributed by atoms with E-state index in [9.17, 15) is 18.0 Å². The van der Waals surface area contributed by atoms with E-state index in [-0.39, 0.29) is 17.8 Å². The predicted molar refractivity (Wildman–Crippen MR) is 68.4 cm³/mol. The Morgan fingerprint density at radius 2 is 1.89 bits per heavy atom. The summed E-state index contributed by atoms with van der Waals surface area (Å²) in [5, 5.41) is 18.2. The maximum atomic E-state index is 11.4. The van der Waals surface area contributed by atoms with Gasteiger partial charge in [-0.3, -0.25) is 0 Å². The first-order valence-corrected chi connectivity index (χ1v) is 6.89. The summed E-state index contributed by atoms with van der Waals surface area (Å²) >= 11 is 0. The molecule has 0 aliphatic carbocycles. The third-order valence-corrected chi connectivity index (χ3v) is 2.85. The number of aromatic carboxylic acids is 1. The normalized spacial score (nSPS) is 10.8. The van der Waals surface area contributed by atoms with Gasteiger partial charge >= 0.3 is 12.0 Å². The lowest BCUT2D eigenvalue weighted by Crippen LogP contribution is -2.34. The minimum Gasteiger partial charge on any atom is -0.478 e. The molecule has 0 aliphatic rings. The minimum absolute atomic E-state index is 0.0657. The van der Waals surface area contributed by atoms with Crippen LogP contribution in [0.1, 0.15) is 10.4 Å². The first-order valence-electron chi connectivity index (χ1n) is 5.17. The molecule has 0 saturated carbocycles. The van der Waals surface area contributed by atoms with Gasteiger partial charge in [0.15, 0.2) is 0 Å². The van der Waals surface area contributed by atoms with Gasteiger partial charge in [-0.05, 0) is 12.1 Å². The zero-order valence-electron chi connectivity index (χ0n) is 9.79. The van der Waals surface area contributed by atoms with E-state index in [0.29, 0.717) is 0 Å². The number of rotatable bonds is 5. The molecule has 5 N–H and O–H groups in total. The Hall–Kier alpha value is -2.13. The number of sulfonamides is 1.